The van der Waals surface area contributed by atoms with E-state index in [1.165, 1.54) is 0 Å². The van der Waals surface area contributed by atoms with Crippen molar-refractivity contribution < 1.29 is 44.7 Å². The van der Waals surface area contributed by atoms with Crippen molar-refractivity contribution >= 4 is 23.9 Å². The summed E-state index contributed by atoms with van der Waals surface area (Å²) in [7, 11) is 0. The molecular weight excluding hydrogens is 440 g/mol. The molecule has 190 valence electrons. The van der Waals surface area contributed by atoms with Crippen molar-refractivity contribution in [3.63, 3.8) is 0 Å². The van der Waals surface area contributed by atoms with Crippen molar-refractivity contribution in [2.75, 3.05) is 26.2 Å². The molecule has 4 aliphatic heterocycles. The lowest BCUT2D eigenvalue weighted by Gasteiger charge is -2.22. The summed E-state index contributed by atoms with van der Waals surface area (Å²) in [6.45, 7) is 2.97. The molecule has 13 nitrogen and oxygen atoms in total. The van der Waals surface area contributed by atoms with Crippen LogP contribution in [-0.4, -0.2) is 106 Å². The Morgan fingerprint density at radius 2 is 0.970 bits per heavy atom. The average Bonchev–Trinajstić information content (AvgIpc) is 3.40. The minimum Gasteiger partial charge on any atom is -0.480 e. The third kappa shape index (κ3) is 11.9. The zero-order valence-electron chi connectivity index (χ0n) is 18.5. The Bertz CT molecular complexity index is 618. The number of β-amino-alcohol motifs (C(OH)–C–C–N with tert-alkyl or cyclic N) is 1. The minimum atomic E-state index is -0.883. The minimum absolute atomic E-state index is 0.250. The normalized spacial score (nSPS) is 30.0. The molecule has 0 aromatic carbocycles. The zero-order valence-corrected chi connectivity index (χ0v) is 18.5. The maximum absolute atomic E-state index is 10.3. The van der Waals surface area contributed by atoms with Gasteiger partial charge in [-0.2, -0.15) is 0 Å². The van der Waals surface area contributed by atoms with Gasteiger partial charge in [0.25, 0.3) is 0 Å². The second-order valence-corrected chi connectivity index (χ2v) is 8.15. The van der Waals surface area contributed by atoms with Gasteiger partial charge in [0, 0.05) is 13.0 Å². The number of aliphatic carboxylic acids is 4. The van der Waals surface area contributed by atoms with Gasteiger partial charge in [0.15, 0.2) is 0 Å². The molecule has 0 aliphatic carbocycles. The van der Waals surface area contributed by atoms with Crippen LogP contribution in [0.1, 0.15) is 44.9 Å². The molecule has 0 bridgehead atoms. The molecule has 4 fully saturated rings. The van der Waals surface area contributed by atoms with Crippen molar-refractivity contribution in [1.29, 1.82) is 0 Å². The average molecular weight is 477 g/mol. The molecule has 0 saturated carbocycles. The van der Waals surface area contributed by atoms with E-state index in [1.807, 2.05) is 0 Å². The maximum atomic E-state index is 10.3. The number of aliphatic hydroxyl groups is 1. The van der Waals surface area contributed by atoms with Crippen LogP contribution < -0.4 is 21.3 Å². The highest BCUT2D eigenvalue weighted by molar-refractivity contribution is 5.75. The molecule has 33 heavy (non-hydrogen) atoms. The van der Waals surface area contributed by atoms with Gasteiger partial charge in [0.05, 0.1) is 6.10 Å². The Balaban J connectivity index is 0.000000221. The Morgan fingerprint density at radius 3 is 1.18 bits per heavy atom. The zero-order chi connectivity index (χ0) is 24.8. The molecule has 0 unspecified atom stereocenters. The number of carboxylic acids is 4. The first-order chi connectivity index (χ1) is 15.6. The first kappa shape index (κ1) is 28.7. The summed E-state index contributed by atoms with van der Waals surface area (Å²) in [4.78, 5) is 40.5. The summed E-state index contributed by atoms with van der Waals surface area (Å²) in [5, 5.41) is 53.4. The second-order valence-electron chi connectivity index (χ2n) is 8.15. The highest BCUT2D eigenvalue weighted by Gasteiger charge is 2.27. The van der Waals surface area contributed by atoms with E-state index in [-0.39, 0.29) is 18.1 Å². The van der Waals surface area contributed by atoms with E-state index < -0.39 is 36.0 Å². The van der Waals surface area contributed by atoms with Crippen LogP contribution in [0.5, 0.6) is 0 Å². The van der Waals surface area contributed by atoms with Gasteiger partial charge in [-0.05, 0) is 51.7 Å². The fraction of sp³-hybridized carbons (Fsp3) is 0.800. The van der Waals surface area contributed by atoms with E-state index in [0.717, 1.165) is 58.2 Å². The molecule has 4 heterocycles. The van der Waals surface area contributed by atoms with Gasteiger partial charge in [-0.3, -0.25) is 19.2 Å². The standard InChI is InChI=1S/C6H11NO2.C5H9NO3.C5H9NO2.C4H7NO2/c8-6(9)5-3-1-2-4-7-5;7-3-1-4(5(8)9)6-2-3;7-5(8)4-2-1-3-6-4;6-4(7)3-1-2-5-3/h5,7H,1-4H2,(H,8,9);3-4,6-7H,1-2H2,(H,8,9);4,6H,1-3H2,(H,7,8);3,5H,1-2H2,(H,6,7)/t5-;3-,4+;4-;3-/m0100/s1. The van der Waals surface area contributed by atoms with E-state index in [4.69, 9.17) is 25.5 Å². The Labute approximate surface area is 191 Å². The van der Waals surface area contributed by atoms with Crippen LogP contribution in [-0.2, 0) is 19.2 Å². The van der Waals surface area contributed by atoms with Crippen molar-refractivity contribution in [2.24, 2.45) is 0 Å². The number of rotatable bonds is 4. The molecule has 13 heteroatoms. The van der Waals surface area contributed by atoms with Crippen molar-refractivity contribution in [3.8, 4) is 0 Å². The molecule has 5 atom stereocenters. The number of hydrogen-bond acceptors (Lipinski definition) is 9. The van der Waals surface area contributed by atoms with Crippen LogP contribution >= 0.6 is 0 Å². The van der Waals surface area contributed by atoms with Gasteiger partial charge in [-0.15, -0.1) is 0 Å². The number of nitrogens with one attached hydrogen (secondary N) is 4. The second kappa shape index (κ2) is 15.5. The Hall–Kier alpha value is -2.32. The lowest BCUT2D eigenvalue weighted by Crippen LogP contribution is -2.48. The van der Waals surface area contributed by atoms with Crippen molar-refractivity contribution in [1.82, 2.24) is 21.3 Å². The first-order valence-corrected chi connectivity index (χ1v) is 11.1. The number of carbonyl (C=O) groups is 4. The number of aliphatic hydroxyl groups excluding tert-OH is 1. The highest BCUT2D eigenvalue weighted by atomic mass is 16.4. The summed E-state index contributed by atoms with van der Waals surface area (Å²) >= 11 is 0. The molecule has 0 radical (unpaired) electrons. The summed E-state index contributed by atoms with van der Waals surface area (Å²) in [6, 6.07) is -1.34. The fourth-order valence-corrected chi connectivity index (χ4v) is 3.36. The molecule has 4 rings (SSSR count). The van der Waals surface area contributed by atoms with E-state index in [2.05, 4.69) is 21.3 Å². The van der Waals surface area contributed by atoms with Crippen molar-refractivity contribution in [2.45, 2.75) is 75.2 Å². The van der Waals surface area contributed by atoms with Gasteiger partial charge in [0.2, 0.25) is 0 Å². The van der Waals surface area contributed by atoms with Crippen LogP contribution in [0, 0.1) is 0 Å². The number of carboxylic acid groups (broad SMARTS) is 4. The lowest BCUT2D eigenvalue weighted by atomic mass is 10.1. The van der Waals surface area contributed by atoms with Crippen LogP contribution in [0.3, 0.4) is 0 Å². The third-order valence-electron chi connectivity index (χ3n) is 5.49. The van der Waals surface area contributed by atoms with Crippen LogP contribution in [0.4, 0.5) is 0 Å². The summed E-state index contributed by atoms with van der Waals surface area (Å²) in [5.41, 5.74) is 0. The van der Waals surface area contributed by atoms with Gasteiger partial charge < -0.3 is 46.8 Å². The summed E-state index contributed by atoms with van der Waals surface area (Å²) in [5.74, 6) is -3.05. The smallest absolute Gasteiger partial charge is 0.320 e. The van der Waals surface area contributed by atoms with E-state index in [0.29, 0.717) is 13.0 Å². The van der Waals surface area contributed by atoms with Crippen LogP contribution in [0.25, 0.3) is 0 Å². The third-order valence-corrected chi connectivity index (χ3v) is 5.49. The van der Waals surface area contributed by atoms with Gasteiger partial charge in [-0.1, -0.05) is 6.42 Å². The quantitative estimate of drug-likeness (QED) is 0.220. The van der Waals surface area contributed by atoms with Crippen molar-refractivity contribution in [3.05, 3.63) is 0 Å². The molecule has 0 spiro atoms. The van der Waals surface area contributed by atoms with E-state index >= 15 is 0 Å². The molecule has 0 aromatic rings. The monoisotopic (exact) mass is 476 g/mol. The Morgan fingerprint density at radius 1 is 0.545 bits per heavy atom. The lowest BCUT2D eigenvalue weighted by molar-refractivity contribution is -0.141. The van der Waals surface area contributed by atoms with Crippen LogP contribution in [0.15, 0.2) is 0 Å². The molecule has 4 saturated heterocycles. The summed E-state index contributed by atoms with van der Waals surface area (Å²) in [6.07, 6.45) is 5.37. The predicted octanol–water partition coefficient (Wildman–Crippen LogP) is -1.74. The van der Waals surface area contributed by atoms with Gasteiger partial charge in [-0.25, -0.2) is 0 Å². The first-order valence-electron chi connectivity index (χ1n) is 11.1. The Kier molecular flexibility index (Phi) is 13.5. The molecular formula is C20H36N4O9. The number of piperidine rings is 1. The van der Waals surface area contributed by atoms with Crippen LogP contribution in [0.2, 0.25) is 0 Å². The topological polar surface area (TPSA) is 218 Å². The maximum Gasteiger partial charge on any atom is 0.320 e. The van der Waals surface area contributed by atoms with Gasteiger partial charge >= 0.3 is 23.9 Å². The number of hydrogen-bond donors (Lipinski definition) is 9. The van der Waals surface area contributed by atoms with E-state index in [9.17, 15) is 19.2 Å². The largest absolute Gasteiger partial charge is 0.480 e. The molecule has 0 amide bonds. The van der Waals surface area contributed by atoms with Gasteiger partial charge in [0.1, 0.15) is 24.2 Å². The van der Waals surface area contributed by atoms with E-state index in [1.54, 1.807) is 0 Å². The molecule has 0 aromatic heterocycles. The highest BCUT2D eigenvalue weighted by Crippen LogP contribution is 2.06. The molecule has 9 N–H and O–H groups in total. The predicted molar refractivity (Wildman–Crippen MR) is 116 cm³/mol. The summed E-state index contributed by atoms with van der Waals surface area (Å²) < 4.78 is 0. The SMILES string of the molecule is O=C(O)[C@@H]1CCCCN1.O=C(O)[C@@H]1CCCN1.O=C(O)[C@@H]1CCN1.O=C(O)[C@@H]1C[C@@H](O)CN1. The fourth-order valence-electron chi connectivity index (χ4n) is 3.36. The molecule has 4 aliphatic rings.